The van der Waals surface area contributed by atoms with Crippen molar-refractivity contribution in [1.29, 1.82) is 0 Å². The van der Waals surface area contributed by atoms with E-state index in [4.69, 9.17) is 9.47 Å². The lowest BCUT2D eigenvalue weighted by molar-refractivity contribution is -0.140. The fourth-order valence-corrected chi connectivity index (χ4v) is 1.57. The van der Waals surface area contributed by atoms with E-state index in [2.05, 4.69) is 4.74 Å². The molecule has 0 spiro atoms. The van der Waals surface area contributed by atoms with Crippen LogP contribution in [0.3, 0.4) is 0 Å². The number of methoxy groups -OCH3 is 2. The van der Waals surface area contributed by atoms with Gasteiger partial charge in [-0.15, -0.1) is 0 Å². The van der Waals surface area contributed by atoms with Crippen LogP contribution in [0.4, 0.5) is 0 Å². The molecule has 0 aromatic heterocycles. The molecule has 0 radical (unpaired) electrons. The molecule has 0 saturated heterocycles. The van der Waals surface area contributed by atoms with Gasteiger partial charge in [0.15, 0.2) is 0 Å². The highest BCUT2D eigenvalue weighted by Gasteiger charge is 2.27. The van der Waals surface area contributed by atoms with Crippen LogP contribution < -0.4 is 4.74 Å². The molecule has 1 aromatic carbocycles. The van der Waals surface area contributed by atoms with Crippen molar-refractivity contribution < 1.29 is 19.0 Å². The number of hydrogen-bond acceptors (Lipinski definition) is 4. The maximum Gasteiger partial charge on any atom is 0.340 e. The number of rotatable bonds is 2. The molecule has 0 fully saturated rings. The fraction of sp³-hybridized carbons (Fsp3) is 0.250. The molecule has 4 heteroatoms. The first-order valence-electron chi connectivity index (χ1n) is 4.84. The summed E-state index contributed by atoms with van der Waals surface area (Å²) < 4.78 is 15.3. The molecule has 1 aliphatic rings. The van der Waals surface area contributed by atoms with E-state index in [0.29, 0.717) is 11.3 Å². The maximum absolute atomic E-state index is 11.5. The van der Waals surface area contributed by atoms with Crippen molar-refractivity contribution in [1.82, 2.24) is 0 Å². The quantitative estimate of drug-likeness (QED) is 0.710. The summed E-state index contributed by atoms with van der Waals surface area (Å²) in [5.74, 6) is 0.253. The van der Waals surface area contributed by atoms with Crippen molar-refractivity contribution in [2.45, 2.75) is 6.29 Å². The second-order valence-corrected chi connectivity index (χ2v) is 3.31. The zero-order chi connectivity index (χ0) is 11.5. The van der Waals surface area contributed by atoms with Crippen LogP contribution in [0.5, 0.6) is 5.75 Å². The highest BCUT2D eigenvalue weighted by atomic mass is 16.7. The molecule has 1 aromatic rings. The molecule has 0 saturated carbocycles. The number of carbonyl (C=O) groups is 1. The summed E-state index contributed by atoms with van der Waals surface area (Å²) in [5, 5.41) is 0. The van der Waals surface area contributed by atoms with Crippen LogP contribution in [-0.4, -0.2) is 26.5 Å². The lowest BCUT2D eigenvalue weighted by atomic mass is 10.1. The largest absolute Gasteiger partial charge is 0.465 e. The third kappa shape index (κ3) is 1.79. The van der Waals surface area contributed by atoms with Gasteiger partial charge in [-0.3, -0.25) is 0 Å². The molecule has 0 aliphatic carbocycles. The summed E-state index contributed by atoms with van der Waals surface area (Å²) in [6, 6.07) is 7.43. The minimum absolute atomic E-state index is 0.365. The Kier molecular flexibility index (Phi) is 2.92. The van der Waals surface area contributed by atoms with Crippen molar-refractivity contribution in [3.8, 4) is 5.75 Å². The molecule has 2 rings (SSSR count). The minimum atomic E-state index is -0.706. The third-order valence-corrected chi connectivity index (χ3v) is 2.35. The predicted molar refractivity (Wildman–Crippen MR) is 57.9 cm³/mol. The molecule has 4 nitrogen and oxygen atoms in total. The van der Waals surface area contributed by atoms with Crippen molar-refractivity contribution in [3.63, 3.8) is 0 Å². The topological polar surface area (TPSA) is 44.8 Å². The molecule has 1 aliphatic heterocycles. The van der Waals surface area contributed by atoms with E-state index in [1.807, 2.05) is 24.3 Å². The van der Waals surface area contributed by atoms with E-state index in [1.54, 1.807) is 6.08 Å². The van der Waals surface area contributed by atoms with Gasteiger partial charge in [-0.25, -0.2) is 4.79 Å². The highest BCUT2D eigenvalue weighted by Crippen LogP contribution is 2.29. The highest BCUT2D eigenvalue weighted by molar-refractivity contribution is 5.95. The molecule has 1 atom stereocenters. The van der Waals surface area contributed by atoms with Gasteiger partial charge in [0, 0.05) is 12.7 Å². The molecule has 84 valence electrons. The molecular formula is C12H12O4. The zero-order valence-electron chi connectivity index (χ0n) is 9.10. The van der Waals surface area contributed by atoms with Crippen LogP contribution in [0.25, 0.3) is 6.08 Å². The van der Waals surface area contributed by atoms with Crippen LogP contribution >= 0.6 is 0 Å². The molecule has 1 unspecified atom stereocenters. The first-order chi connectivity index (χ1) is 7.76. The van der Waals surface area contributed by atoms with Crippen LogP contribution in [0.2, 0.25) is 0 Å². The Balaban J connectivity index is 2.42. The molecule has 0 bridgehead atoms. The number of carbonyl (C=O) groups excluding carboxylic acids is 1. The Bertz CT molecular complexity index is 436. The first-order valence-corrected chi connectivity index (χ1v) is 4.84. The van der Waals surface area contributed by atoms with E-state index in [9.17, 15) is 4.79 Å². The normalized spacial score (nSPS) is 18.1. The summed E-state index contributed by atoms with van der Waals surface area (Å²) in [5.41, 5.74) is 1.21. The number of para-hydroxylation sites is 1. The van der Waals surface area contributed by atoms with E-state index < -0.39 is 12.3 Å². The number of hydrogen-bond donors (Lipinski definition) is 0. The average molecular weight is 220 g/mol. The van der Waals surface area contributed by atoms with Gasteiger partial charge in [0.25, 0.3) is 0 Å². The Morgan fingerprint density at radius 1 is 1.31 bits per heavy atom. The minimum Gasteiger partial charge on any atom is -0.465 e. The fourth-order valence-electron chi connectivity index (χ4n) is 1.57. The number of esters is 1. The molecule has 0 amide bonds. The molecule has 1 heterocycles. The molecule has 16 heavy (non-hydrogen) atoms. The maximum atomic E-state index is 11.5. The molecular weight excluding hydrogens is 208 g/mol. The second kappa shape index (κ2) is 4.37. The zero-order valence-corrected chi connectivity index (χ0v) is 9.10. The van der Waals surface area contributed by atoms with Crippen LogP contribution in [0, 0.1) is 0 Å². The van der Waals surface area contributed by atoms with Gasteiger partial charge in [-0.1, -0.05) is 18.2 Å². The standard InChI is InChI=1S/C12H12O4/c1-14-11(13)9-7-8-5-3-4-6-10(8)16-12(9)15-2/h3-7,12H,1-2H3. The average Bonchev–Trinajstić information content (AvgIpc) is 2.36. The van der Waals surface area contributed by atoms with Gasteiger partial charge >= 0.3 is 5.97 Å². The lowest BCUT2D eigenvalue weighted by Gasteiger charge is -2.24. The first kappa shape index (κ1) is 10.7. The van der Waals surface area contributed by atoms with Gasteiger partial charge < -0.3 is 14.2 Å². The van der Waals surface area contributed by atoms with Crippen molar-refractivity contribution in [2.24, 2.45) is 0 Å². The van der Waals surface area contributed by atoms with E-state index in [0.717, 1.165) is 5.56 Å². The Labute approximate surface area is 93.4 Å². The number of benzene rings is 1. The summed E-state index contributed by atoms with van der Waals surface area (Å²) in [7, 11) is 2.81. The third-order valence-electron chi connectivity index (χ3n) is 2.35. The van der Waals surface area contributed by atoms with Crippen molar-refractivity contribution in [2.75, 3.05) is 14.2 Å². The van der Waals surface area contributed by atoms with Gasteiger partial charge in [0.1, 0.15) is 11.3 Å². The van der Waals surface area contributed by atoms with E-state index >= 15 is 0 Å². The van der Waals surface area contributed by atoms with E-state index in [1.165, 1.54) is 14.2 Å². The summed E-state index contributed by atoms with van der Waals surface area (Å²) in [4.78, 5) is 11.5. The smallest absolute Gasteiger partial charge is 0.340 e. The van der Waals surface area contributed by atoms with Gasteiger partial charge in [0.2, 0.25) is 6.29 Å². The number of ether oxygens (including phenoxy) is 3. The van der Waals surface area contributed by atoms with Crippen molar-refractivity contribution >= 4 is 12.0 Å². The van der Waals surface area contributed by atoms with Crippen LogP contribution in [0.1, 0.15) is 5.56 Å². The van der Waals surface area contributed by atoms with Crippen LogP contribution in [-0.2, 0) is 14.3 Å². The van der Waals surface area contributed by atoms with Crippen molar-refractivity contribution in [3.05, 3.63) is 35.4 Å². The second-order valence-electron chi connectivity index (χ2n) is 3.31. The monoisotopic (exact) mass is 220 g/mol. The van der Waals surface area contributed by atoms with Gasteiger partial charge in [-0.2, -0.15) is 0 Å². The van der Waals surface area contributed by atoms with Gasteiger partial charge in [-0.05, 0) is 12.1 Å². The lowest BCUT2D eigenvalue weighted by Crippen LogP contribution is -2.29. The summed E-state index contributed by atoms with van der Waals surface area (Å²) in [6.45, 7) is 0. The Hall–Kier alpha value is -1.81. The molecule has 0 N–H and O–H groups in total. The number of fused-ring (bicyclic) bond motifs is 1. The predicted octanol–water partition coefficient (Wildman–Crippen LogP) is 1.61. The Morgan fingerprint density at radius 3 is 2.75 bits per heavy atom. The Morgan fingerprint density at radius 2 is 2.06 bits per heavy atom. The van der Waals surface area contributed by atoms with Gasteiger partial charge in [0.05, 0.1) is 7.11 Å². The summed E-state index contributed by atoms with van der Waals surface area (Å²) in [6.07, 6.45) is 1.01. The summed E-state index contributed by atoms with van der Waals surface area (Å²) >= 11 is 0. The SMILES string of the molecule is COC(=O)C1=Cc2ccccc2OC1OC. The van der Waals surface area contributed by atoms with Crippen LogP contribution in [0.15, 0.2) is 29.8 Å². The van der Waals surface area contributed by atoms with E-state index in [-0.39, 0.29) is 0 Å².